The van der Waals surface area contributed by atoms with E-state index in [4.69, 9.17) is 5.73 Å². The van der Waals surface area contributed by atoms with Gasteiger partial charge in [0.1, 0.15) is 5.82 Å². The van der Waals surface area contributed by atoms with Crippen molar-refractivity contribution in [2.45, 2.75) is 6.54 Å². The van der Waals surface area contributed by atoms with Gasteiger partial charge in [-0.05, 0) is 42.0 Å². The van der Waals surface area contributed by atoms with E-state index >= 15 is 0 Å². The highest BCUT2D eigenvalue weighted by atomic mass is 19.1. The molecule has 0 aliphatic heterocycles. The summed E-state index contributed by atoms with van der Waals surface area (Å²) >= 11 is 0. The molecule has 3 N–H and O–H groups in total. The molecular weight excluding hydrogens is 259 g/mol. The minimum Gasteiger partial charge on any atom is -0.366 e. The van der Waals surface area contributed by atoms with Crippen LogP contribution in [0.2, 0.25) is 0 Å². The van der Waals surface area contributed by atoms with Crippen LogP contribution in [0.25, 0.3) is 0 Å². The lowest BCUT2D eigenvalue weighted by atomic mass is 10.1. The van der Waals surface area contributed by atoms with Crippen molar-refractivity contribution in [3.8, 4) is 0 Å². The summed E-state index contributed by atoms with van der Waals surface area (Å²) in [6.07, 6.45) is 0. The van der Waals surface area contributed by atoms with Gasteiger partial charge in [-0.15, -0.1) is 0 Å². The molecule has 0 spiro atoms. The van der Waals surface area contributed by atoms with Crippen molar-refractivity contribution in [2.75, 3.05) is 0 Å². The molecule has 0 heterocycles. The van der Waals surface area contributed by atoms with Crippen molar-refractivity contribution in [2.24, 2.45) is 5.73 Å². The Morgan fingerprint density at radius 1 is 0.950 bits per heavy atom. The van der Waals surface area contributed by atoms with Gasteiger partial charge < -0.3 is 11.1 Å². The van der Waals surface area contributed by atoms with Gasteiger partial charge in [-0.25, -0.2) is 4.39 Å². The van der Waals surface area contributed by atoms with E-state index in [2.05, 4.69) is 5.32 Å². The topological polar surface area (TPSA) is 72.2 Å². The largest absolute Gasteiger partial charge is 0.366 e. The minimum atomic E-state index is -0.539. The summed E-state index contributed by atoms with van der Waals surface area (Å²) < 4.78 is 12.7. The molecule has 102 valence electrons. The molecule has 0 fully saturated rings. The van der Waals surface area contributed by atoms with Crippen LogP contribution in [0.15, 0.2) is 48.5 Å². The number of amides is 2. The molecule has 0 radical (unpaired) electrons. The monoisotopic (exact) mass is 272 g/mol. The maximum Gasteiger partial charge on any atom is 0.251 e. The van der Waals surface area contributed by atoms with E-state index in [0.717, 1.165) is 5.56 Å². The van der Waals surface area contributed by atoms with Crippen molar-refractivity contribution in [3.63, 3.8) is 0 Å². The van der Waals surface area contributed by atoms with Crippen LogP contribution in [0.1, 0.15) is 26.3 Å². The fourth-order valence-electron chi connectivity index (χ4n) is 1.67. The Morgan fingerprint density at radius 3 is 2.05 bits per heavy atom. The summed E-state index contributed by atoms with van der Waals surface area (Å²) in [5.41, 5.74) is 6.69. The van der Waals surface area contributed by atoms with Crippen LogP contribution in [0, 0.1) is 5.82 Å². The second kappa shape index (κ2) is 5.97. The molecule has 2 rings (SSSR count). The number of rotatable bonds is 4. The molecule has 0 aliphatic carbocycles. The number of benzene rings is 2. The Kier molecular flexibility index (Phi) is 4.10. The van der Waals surface area contributed by atoms with Crippen LogP contribution in [0.3, 0.4) is 0 Å². The first kappa shape index (κ1) is 13.7. The van der Waals surface area contributed by atoms with Crippen molar-refractivity contribution in [1.82, 2.24) is 5.32 Å². The molecule has 5 heteroatoms. The molecule has 0 saturated heterocycles. The zero-order valence-corrected chi connectivity index (χ0v) is 10.6. The SMILES string of the molecule is NC(=O)c1ccc(C(=O)NCc2ccc(F)cc2)cc1. The van der Waals surface area contributed by atoms with E-state index in [1.807, 2.05) is 0 Å². The lowest BCUT2D eigenvalue weighted by molar-refractivity contribution is 0.0948. The van der Waals surface area contributed by atoms with E-state index in [1.165, 1.54) is 36.4 Å². The molecule has 0 unspecified atom stereocenters. The molecule has 0 aliphatic rings. The third kappa shape index (κ3) is 3.41. The van der Waals surface area contributed by atoms with Gasteiger partial charge in [0.25, 0.3) is 5.91 Å². The summed E-state index contributed by atoms with van der Waals surface area (Å²) in [6.45, 7) is 0.302. The van der Waals surface area contributed by atoms with Crippen molar-refractivity contribution >= 4 is 11.8 Å². The standard InChI is InChI=1S/C15H13FN2O2/c16-13-7-1-10(2-8-13)9-18-15(20)12-5-3-11(4-6-12)14(17)19/h1-8H,9H2,(H2,17,19)(H,18,20). The number of primary amides is 1. The summed E-state index contributed by atoms with van der Waals surface area (Å²) in [5, 5.41) is 2.71. The van der Waals surface area contributed by atoms with E-state index < -0.39 is 5.91 Å². The third-order valence-electron chi connectivity index (χ3n) is 2.80. The average molecular weight is 272 g/mol. The Labute approximate surface area is 115 Å². The van der Waals surface area contributed by atoms with Crippen LogP contribution in [-0.2, 0) is 6.54 Å². The average Bonchev–Trinajstić information content (AvgIpc) is 2.46. The summed E-state index contributed by atoms with van der Waals surface area (Å²) in [7, 11) is 0. The zero-order chi connectivity index (χ0) is 14.5. The van der Waals surface area contributed by atoms with Gasteiger partial charge in [0, 0.05) is 17.7 Å². The number of nitrogens with two attached hydrogens (primary N) is 1. The Hall–Kier alpha value is -2.69. The minimum absolute atomic E-state index is 0.273. The predicted molar refractivity (Wildman–Crippen MR) is 72.5 cm³/mol. The number of hydrogen-bond donors (Lipinski definition) is 2. The van der Waals surface area contributed by atoms with Gasteiger partial charge in [-0.1, -0.05) is 12.1 Å². The lowest BCUT2D eigenvalue weighted by Gasteiger charge is -2.06. The van der Waals surface area contributed by atoms with Gasteiger partial charge in [0.15, 0.2) is 0 Å². The Balaban J connectivity index is 1.97. The molecule has 4 nitrogen and oxygen atoms in total. The fourth-order valence-corrected chi connectivity index (χ4v) is 1.67. The molecule has 20 heavy (non-hydrogen) atoms. The van der Waals surface area contributed by atoms with Crippen LogP contribution in [0.4, 0.5) is 4.39 Å². The quantitative estimate of drug-likeness (QED) is 0.891. The first-order valence-corrected chi connectivity index (χ1v) is 5.99. The number of nitrogens with one attached hydrogen (secondary N) is 1. The zero-order valence-electron chi connectivity index (χ0n) is 10.6. The number of halogens is 1. The van der Waals surface area contributed by atoms with Gasteiger partial charge in [-0.3, -0.25) is 9.59 Å². The molecule has 0 aromatic heterocycles. The Morgan fingerprint density at radius 2 is 1.50 bits per heavy atom. The highest BCUT2D eigenvalue weighted by molar-refractivity contribution is 5.97. The number of carbonyl (C=O) groups excluding carboxylic acids is 2. The van der Waals surface area contributed by atoms with Crippen LogP contribution < -0.4 is 11.1 Å². The summed E-state index contributed by atoms with van der Waals surface area (Å²) in [6, 6.07) is 11.9. The molecule has 0 bridgehead atoms. The second-order valence-corrected chi connectivity index (χ2v) is 4.25. The van der Waals surface area contributed by atoms with Gasteiger partial charge in [0.2, 0.25) is 5.91 Å². The Bertz CT molecular complexity index is 621. The van der Waals surface area contributed by atoms with E-state index in [1.54, 1.807) is 12.1 Å². The smallest absolute Gasteiger partial charge is 0.251 e. The van der Waals surface area contributed by atoms with Crippen LogP contribution >= 0.6 is 0 Å². The van der Waals surface area contributed by atoms with E-state index in [0.29, 0.717) is 17.7 Å². The molecule has 2 aromatic rings. The first-order valence-electron chi connectivity index (χ1n) is 5.99. The van der Waals surface area contributed by atoms with Crippen molar-refractivity contribution in [1.29, 1.82) is 0 Å². The fraction of sp³-hybridized carbons (Fsp3) is 0.0667. The number of carbonyl (C=O) groups is 2. The van der Waals surface area contributed by atoms with Crippen molar-refractivity contribution in [3.05, 3.63) is 71.0 Å². The maximum absolute atomic E-state index is 12.7. The highest BCUT2D eigenvalue weighted by Gasteiger charge is 2.06. The highest BCUT2D eigenvalue weighted by Crippen LogP contribution is 2.06. The van der Waals surface area contributed by atoms with Crippen LogP contribution in [0.5, 0.6) is 0 Å². The molecule has 0 saturated carbocycles. The number of hydrogen-bond acceptors (Lipinski definition) is 2. The molecule has 2 amide bonds. The lowest BCUT2D eigenvalue weighted by Crippen LogP contribution is -2.23. The molecule has 2 aromatic carbocycles. The van der Waals surface area contributed by atoms with Gasteiger partial charge in [-0.2, -0.15) is 0 Å². The first-order chi connectivity index (χ1) is 9.56. The van der Waals surface area contributed by atoms with Crippen LogP contribution in [-0.4, -0.2) is 11.8 Å². The molecular formula is C15H13FN2O2. The van der Waals surface area contributed by atoms with E-state index in [9.17, 15) is 14.0 Å². The predicted octanol–water partition coefficient (Wildman–Crippen LogP) is 1.85. The maximum atomic E-state index is 12.7. The van der Waals surface area contributed by atoms with Gasteiger partial charge >= 0.3 is 0 Å². The summed E-state index contributed by atoms with van der Waals surface area (Å²) in [4.78, 5) is 22.8. The molecule has 0 atom stereocenters. The van der Waals surface area contributed by atoms with Gasteiger partial charge in [0.05, 0.1) is 0 Å². The normalized spacial score (nSPS) is 10.1. The van der Waals surface area contributed by atoms with E-state index in [-0.39, 0.29) is 11.7 Å². The summed E-state index contributed by atoms with van der Waals surface area (Å²) in [5.74, 6) is -1.13. The van der Waals surface area contributed by atoms with Crippen molar-refractivity contribution < 1.29 is 14.0 Å². The third-order valence-corrected chi connectivity index (χ3v) is 2.80. The second-order valence-electron chi connectivity index (χ2n) is 4.25.